The number of hydrogen-bond acceptors (Lipinski definition) is 8. The van der Waals surface area contributed by atoms with Crippen LogP contribution in [0.15, 0.2) is 83.2 Å². The predicted molar refractivity (Wildman–Crippen MR) is 129 cm³/mol. The maximum Gasteiger partial charge on any atom is 0.387 e. The van der Waals surface area contributed by atoms with Gasteiger partial charge >= 0.3 is 6.61 Å². The lowest BCUT2D eigenvalue weighted by Crippen LogP contribution is -2.15. The first-order chi connectivity index (χ1) is 16.5. The fourth-order valence-electron chi connectivity index (χ4n) is 2.76. The highest BCUT2D eigenvalue weighted by atomic mass is 32.2. The number of para-hydroxylation sites is 3. The Balaban J connectivity index is 1.27. The number of ether oxygens (including phenoxy) is 2. The van der Waals surface area contributed by atoms with Crippen LogP contribution < -0.4 is 20.1 Å². The van der Waals surface area contributed by atoms with E-state index in [1.54, 1.807) is 12.1 Å². The summed E-state index contributed by atoms with van der Waals surface area (Å²) in [5.74, 6) is 1.01. The fraction of sp³-hybridized carbons (Fsp3) is 0.0870. The number of carbonyl (C=O) groups excluding carboxylic acids is 1. The summed E-state index contributed by atoms with van der Waals surface area (Å²) in [5, 5.41) is 14.4. The molecule has 1 aromatic heterocycles. The van der Waals surface area contributed by atoms with Gasteiger partial charge in [-0.3, -0.25) is 4.79 Å². The van der Waals surface area contributed by atoms with Crippen LogP contribution >= 0.6 is 23.1 Å². The highest BCUT2D eigenvalue weighted by molar-refractivity contribution is 8.01. The molecule has 11 heteroatoms. The summed E-state index contributed by atoms with van der Waals surface area (Å²) in [6.45, 7) is -2.98. The molecule has 3 aromatic carbocycles. The maximum atomic E-state index is 12.5. The topological polar surface area (TPSA) is 85.4 Å². The first-order valence-electron chi connectivity index (χ1n) is 9.95. The molecule has 1 amide bonds. The number of halogens is 2. The number of nitrogens with zero attached hydrogens (tertiary/aromatic N) is 2. The van der Waals surface area contributed by atoms with Gasteiger partial charge in [-0.25, -0.2) is 0 Å². The highest BCUT2D eigenvalue weighted by Crippen LogP contribution is 2.30. The van der Waals surface area contributed by atoms with E-state index in [-0.39, 0.29) is 23.1 Å². The summed E-state index contributed by atoms with van der Waals surface area (Å²) in [7, 11) is 0. The van der Waals surface area contributed by atoms with Gasteiger partial charge in [0.15, 0.2) is 4.34 Å². The fourth-order valence-corrected chi connectivity index (χ4v) is 4.33. The molecule has 0 radical (unpaired) electrons. The molecule has 0 atom stereocenters. The number of hydrogen-bond donors (Lipinski definition) is 2. The number of carbonyl (C=O) groups is 1. The average molecular weight is 501 g/mol. The van der Waals surface area contributed by atoms with Crippen molar-refractivity contribution in [2.24, 2.45) is 0 Å². The number of amides is 1. The molecule has 0 saturated carbocycles. The lowest BCUT2D eigenvalue weighted by Gasteiger charge is -2.11. The molecule has 1 heterocycles. The first-order valence-corrected chi connectivity index (χ1v) is 11.8. The Kier molecular flexibility index (Phi) is 7.89. The minimum Gasteiger partial charge on any atom is -0.457 e. The van der Waals surface area contributed by atoms with Crippen molar-refractivity contribution in [1.82, 2.24) is 10.2 Å². The summed E-state index contributed by atoms with van der Waals surface area (Å²) in [6.07, 6.45) is 0. The smallest absolute Gasteiger partial charge is 0.387 e. The SMILES string of the molecule is O=C(CSc1nnc(Nc2ccc(Oc3ccccc3)cc2)s1)Nc1ccccc1OC(F)F. The summed E-state index contributed by atoms with van der Waals surface area (Å²) >= 11 is 2.48. The van der Waals surface area contributed by atoms with Crippen molar-refractivity contribution < 1.29 is 23.0 Å². The van der Waals surface area contributed by atoms with Crippen LogP contribution in [0.4, 0.5) is 25.3 Å². The van der Waals surface area contributed by atoms with E-state index < -0.39 is 6.61 Å². The zero-order chi connectivity index (χ0) is 23.8. The summed E-state index contributed by atoms with van der Waals surface area (Å²) in [6, 6.07) is 22.9. The Morgan fingerprint density at radius 1 is 0.941 bits per heavy atom. The zero-order valence-corrected chi connectivity index (χ0v) is 19.1. The van der Waals surface area contributed by atoms with Crippen molar-refractivity contribution in [3.63, 3.8) is 0 Å². The third kappa shape index (κ3) is 6.90. The van der Waals surface area contributed by atoms with Gasteiger partial charge in [0.1, 0.15) is 17.2 Å². The third-order valence-corrected chi connectivity index (χ3v) is 6.17. The van der Waals surface area contributed by atoms with Crippen molar-refractivity contribution in [3.8, 4) is 17.2 Å². The molecular formula is C23H18F2N4O3S2. The van der Waals surface area contributed by atoms with Crippen molar-refractivity contribution in [2.45, 2.75) is 11.0 Å². The molecule has 0 saturated heterocycles. The Morgan fingerprint density at radius 2 is 1.65 bits per heavy atom. The lowest BCUT2D eigenvalue weighted by molar-refractivity contribution is -0.113. The quantitative estimate of drug-likeness (QED) is 0.244. The van der Waals surface area contributed by atoms with Crippen LogP contribution in [-0.4, -0.2) is 28.5 Å². The molecule has 0 fully saturated rings. The minimum absolute atomic E-state index is 0.0309. The molecule has 0 aliphatic heterocycles. The molecule has 174 valence electrons. The van der Waals surface area contributed by atoms with Crippen molar-refractivity contribution in [1.29, 1.82) is 0 Å². The average Bonchev–Trinajstić information content (AvgIpc) is 3.28. The molecule has 4 rings (SSSR count). The van der Waals surface area contributed by atoms with E-state index in [1.165, 1.54) is 35.2 Å². The van der Waals surface area contributed by atoms with Gasteiger partial charge in [0.25, 0.3) is 0 Å². The molecular weight excluding hydrogens is 482 g/mol. The number of benzene rings is 3. The molecule has 34 heavy (non-hydrogen) atoms. The minimum atomic E-state index is -2.98. The molecule has 2 N–H and O–H groups in total. The molecule has 0 unspecified atom stereocenters. The predicted octanol–water partition coefficient (Wildman–Crippen LogP) is 6.41. The van der Waals surface area contributed by atoms with E-state index in [0.29, 0.717) is 15.2 Å². The van der Waals surface area contributed by atoms with E-state index >= 15 is 0 Å². The largest absolute Gasteiger partial charge is 0.457 e. The molecule has 0 aliphatic rings. The Bertz CT molecular complexity index is 1220. The van der Waals surface area contributed by atoms with Gasteiger partial charge < -0.3 is 20.1 Å². The molecule has 0 bridgehead atoms. The van der Waals surface area contributed by atoms with Crippen LogP contribution in [0.3, 0.4) is 0 Å². The van der Waals surface area contributed by atoms with Gasteiger partial charge in [-0.05, 0) is 48.5 Å². The van der Waals surface area contributed by atoms with E-state index in [4.69, 9.17) is 4.74 Å². The van der Waals surface area contributed by atoms with Crippen molar-refractivity contribution in [2.75, 3.05) is 16.4 Å². The molecule has 0 aliphatic carbocycles. The second-order valence-corrected chi connectivity index (χ2v) is 8.85. The second-order valence-electron chi connectivity index (χ2n) is 6.65. The number of alkyl halides is 2. The first kappa shape index (κ1) is 23.5. The van der Waals surface area contributed by atoms with E-state index in [9.17, 15) is 13.6 Å². The number of anilines is 3. The summed E-state index contributed by atoms with van der Waals surface area (Å²) < 4.78 is 35.8. The Labute approximate surface area is 202 Å². The normalized spacial score (nSPS) is 10.7. The van der Waals surface area contributed by atoms with Crippen molar-refractivity contribution >= 4 is 45.5 Å². The van der Waals surface area contributed by atoms with Crippen LogP contribution in [0, 0.1) is 0 Å². The Morgan fingerprint density at radius 3 is 2.41 bits per heavy atom. The number of nitrogens with one attached hydrogen (secondary N) is 2. The van der Waals surface area contributed by atoms with Crippen molar-refractivity contribution in [3.05, 3.63) is 78.9 Å². The number of aromatic nitrogens is 2. The molecule has 0 spiro atoms. The Hall–Kier alpha value is -3.70. The zero-order valence-electron chi connectivity index (χ0n) is 17.5. The van der Waals surface area contributed by atoms with Crippen LogP contribution in [0.25, 0.3) is 0 Å². The summed E-state index contributed by atoms with van der Waals surface area (Å²) in [5.41, 5.74) is 0.981. The van der Waals surface area contributed by atoms with Gasteiger partial charge in [-0.2, -0.15) is 8.78 Å². The van der Waals surface area contributed by atoms with Crippen LogP contribution in [0.2, 0.25) is 0 Å². The van der Waals surface area contributed by atoms with Crippen LogP contribution in [0.5, 0.6) is 17.2 Å². The van der Waals surface area contributed by atoms with Gasteiger partial charge in [-0.1, -0.05) is 53.4 Å². The van der Waals surface area contributed by atoms with Crippen LogP contribution in [-0.2, 0) is 4.79 Å². The monoisotopic (exact) mass is 500 g/mol. The maximum absolute atomic E-state index is 12.5. The van der Waals surface area contributed by atoms with Gasteiger partial charge in [0.05, 0.1) is 11.4 Å². The van der Waals surface area contributed by atoms with E-state index in [0.717, 1.165) is 11.4 Å². The summed E-state index contributed by atoms with van der Waals surface area (Å²) in [4.78, 5) is 12.2. The second kappa shape index (κ2) is 11.4. The van der Waals surface area contributed by atoms with Gasteiger partial charge in [0, 0.05) is 5.69 Å². The molecule has 7 nitrogen and oxygen atoms in total. The molecule has 4 aromatic rings. The van der Waals surface area contributed by atoms with Gasteiger partial charge in [0.2, 0.25) is 11.0 Å². The van der Waals surface area contributed by atoms with E-state index in [2.05, 4.69) is 25.6 Å². The van der Waals surface area contributed by atoms with E-state index in [1.807, 2.05) is 54.6 Å². The number of thioether (sulfide) groups is 1. The standard InChI is InChI=1S/C23H18F2N4O3S2/c24-21(25)32-19-9-5-4-8-18(19)27-20(30)14-33-23-29-28-22(34-23)26-15-10-12-17(13-11-15)31-16-6-2-1-3-7-16/h1-13,21H,14H2,(H,26,28)(H,27,30). The van der Waals surface area contributed by atoms with Crippen LogP contribution in [0.1, 0.15) is 0 Å². The number of rotatable bonds is 10. The van der Waals surface area contributed by atoms with Gasteiger partial charge in [-0.15, -0.1) is 10.2 Å². The lowest BCUT2D eigenvalue weighted by atomic mass is 10.3. The third-order valence-electron chi connectivity index (χ3n) is 4.19. The highest BCUT2D eigenvalue weighted by Gasteiger charge is 2.13.